The van der Waals surface area contributed by atoms with Crippen LogP contribution in [0.25, 0.3) is 0 Å². The summed E-state index contributed by atoms with van der Waals surface area (Å²) in [4.78, 5) is 16.4. The lowest BCUT2D eigenvalue weighted by atomic mass is 10.2. The zero-order valence-electron chi connectivity index (χ0n) is 15.4. The maximum atomic E-state index is 12.0. The van der Waals surface area contributed by atoms with E-state index in [1.807, 2.05) is 19.2 Å². The Kier molecular flexibility index (Phi) is 8.55. The molecule has 0 fully saturated rings. The first-order valence-electron chi connectivity index (χ1n) is 8.70. The minimum absolute atomic E-state index is 0.115. The summed E-state index contributed by atoms with van der Waals surface area (Å²) in [6, 6.07) is 5.30. The van der Waals surface area contributed by atoms with Crippen molar-refractivity contribution in [3.05, 3.63) is 38.3 Å². The van der Waals surface area contributed by atoms with Crippen LogP contribution >= 0.6 is 27.3 Å². The van der Waals surface area contributed by atoms with Gasteiger partial charge in [-0.05, 0) is 55.1 Å². The zero-order valence-corrected chi connectivity index (χ0v) is 17.8. The lowest BCUT2D eigenvalue weighted by Gasteiger charge is -2.14. The van der Waals surface area contributed by atoms with Crippen molar-refractivity contribution in [3.63, 3.8) is 0 Å². The summed E-state index contributed by atoms with van der Waals surface area (Å²) in [5, 5.41) is 15.1. The number of carbonyl (C=O) groups excluding carboxylic acids is 1. The zero-order chi connectivity index (χ0) is 19.6. The van der Waals surface area contributed by atoms with E-state index >= 15 is 0 Å². The van der Waals surface area contributed by atoms with Crippen LogP contribution in [0.1, 0.15) is 36.0 Å². The van der Waals surface area contributed by atoms with E-state index in [1.165, 1.54) is 0 Å². The minimum atomic E-state index is -0.196. The smallest absolute Gasteiger partial charge is 0.257 e. The molecule has 0 atom stereocenters. The number of rotatable bonds is 10. The lowest BCUT2D eigenvalue weighted by Crippen LogP contribution is -2.29. The molecule has 1 aromatic heterocycles. The summed E-state index contributed by atoms with van der Waals surface area (Å²) in [7, 11) is 0. The van der Waals surface area contributed by atoms with E-state index in [0.717, 1.165) is 30.0 Å². The second-order valence-electron chi connectivity index (χ2n) is 5.81. The summed E-state index contributed by atoms with van der Waals surface area (Å²) in [5.74, 6) is 0.666. The number of halogens is 1. The summed E-state index contributed by atoms with van der Waals surface area (Å²) in [6.07, 6.45) is 2.79. The van der Waals surface area contributed by atoms with Gasteiger partial charge in [0.15, 0.2) is 18.1 Å². The minimum Gasteiger partial charge on any atom is -0.490 e. The molecule has 144 valence electrons. The third-order valence-corrected chi connectivity index (χ3v) is 5.21. The molecule has 0 spiro atoms. The summed E-state index contributed by atoms with van der Waals surface area (Å²) in [6.45, 7) is 4.75. The molecule has 0 radical (unpaired) electrons. The Morgan fingerprint density at radius 3 is 2.85 bits per heavy atom. The van der Waals surface area contributed by atoms with E-state index in [-0.39, 0.29) is 12.5 Å². The summed E-state index contributed by atoms with van der Waals surface area (Å²) < 4.78 is 11.7. The quantitative estimate of drug-likeness (QED) is 0.551. The predicted molar refractivity (Wildman–Crippen MR) is 108 cm³/mol. The fourth-order valence-electron chi connectivity index (χ4n) is 2.37. The molecule has 1 aromatic carbocycles. The Hall–Kier alpha value is -2.11. The molecule has 0 aliphatic heterocycles. The van der Waals surface area contributed by atoms with Gasteiger partial charge in [-0.15, -0.1) is 11.3 Å². The molecule has 1 amide bonds. The molecule has 6 nitrogen and oxygen atoms in total. The van der Waals surface area contributed by atoms with Gasteiger partial charge in [0, 0.05) is 23.7 Å². The number of benzene rings is 1. The van der Waals surface area contributed by atoms with Crippen LogP contribution in [-0.4, -0.2) is 30.6 Å². The number of nitrogens with one attached hydrogen (secondary N) is 1. The van der Waals surface area contributed by atoms with Crippen molar-refractivity contribution in [2.45, 2.75) is 33.1 Å². The summed E-state index contributed by atoms with van der Waals surface area (Å²) in [5.41, 5.74) is 1.51. The second-order valence-corrected chi connectivity index (χ2v) is 7.61. The Balaban J connectivity index is 1.75. The third-order valence-electron chi connectivity index (χ3n) is 3.59. The molecule has 0 unspecified atom stereocenters. The molecule has 2 rings (SSSR count). The Bertz CT molecular complexity index is 817. The van der Waals surface area contributed by atoms with Gasteiger partial charge in [0.05, 0.1) is 27.7 Å². The lowest BCUT2D eigenvalue weighted by molar-refractivity contribution is -0.123. The number of hydrogen-bond acceptors (Lipinski definition) is 6. The van der Waals surface area contributed by atoms with Gasteiger partial charge < -0.3 is 14.8 Å². The van der Waals surface area contributed by atoms with Crippen LogP contribution in [0.4, 0.5) is 0 Å². The van der Waals surface area contributed by atoms with Gasteiger partial charge in [-0.2, -0.15) is 5.26 Å². The van der Waals surface area contributed by atoms with Gasteiger partial charge >= 0.3 is 0 Å². The van der Waals surface area contributed by atoms with Crippen molar-refractivity contribution < 1.29 is 14.3 Å². The molecule has 0 saturated heterocycles. The molecule has 8 heteroatoms. The highest BCUT2D eigenvalue weighted by Gasteiger charge is 2.14. The molecule has 2 aromatic rings. The fourth-order valence-corrected chi connectivity index (χ4v) is 3.75. The molecule has 0 aliphatic carbocycles. The molecule has 1 N–H and O–H groups in total. The largest absolute Gasteiger partial charge is 0.490 e. The molecule has 0 aliphatic rings. The van der Waals surface area contributed by atoms with Crippen LogP contribution in [0.15, 0.2) is 22.0 Å². The van der Waals surface area contributed by atoms with Crippen molar-refractivity contribution in [1.82, 2.24) is 10.3 Å². The second kappa shape index (κ2) is 10.9. The number of amides is 1. The van der Waals surface area contributed by atoms with E-state index in [0.29, 0.717) is 34.7 Å². The Morgan fingerprint density at radius 2 is 2.19 bits per heavy atom. The van der Waals surface area contributed by atoms with Crippen LogP contribution in [0.5, 0.6) is 11.5 Å². The molecular formula is C19H22BrN3O3S. The molecular weight excluding hydrogens is 430 g/mol. The van der Waals surface area contributed by atoms with Crippen molar-refractivity contribution in [1.29, 1.82) is 5.26 Å². The number of hydrogen-bond donors (Lipinski definition) is 1. The average Bonchev–Trinajstić information content (AvgIpc) is 3.06. The number of nitriles is 1. The number of aryl methyl sites for hydroxylation is 2. The standard InChI is InChI=1S/C19H22BrN3O3S/c1-3-25-16-9-14(10-21)8-15(20)19(16)26-11-17(24)22-7-5-4-6-18-23-13(2)12-27-18/h8-9,12H,3-7,11H2,1-2H3,(H,22,24). The maximum Gasteiger partial charge on any atom is 0.257 e. The average molecular weight is 452 g/mol. The van der Waals surface area contributed by atoms with Crippen LogP contribution in [0.2, 0.25) is 0 Å². The van der Waals surface area contributed by atoms with Crippen molar-refractivity contribution in [2.75, 3.05) is 19.8 Å². The first kappa shape index (κ1) is 21.2. The Labute approximate surface area is 171 Å². The van der Waals surface area contributed by atoms with Crippen molar-refractivity contribution in [3.8, 4) is 17.6 Å². The molecule has 0 bridgehead atoms. The van der Waals surface area contributed by atoms with Gasteiger partial charge in [-0.25, -0.2) is 4.98 Å². The number of nitrogens with zero attached hydrogens (tertiary/aromatic N) is 2. The van der Waals surface area contributed by atoms with Crippen molar-refractivity contribution >= 4 is 33.2 Å². The van der Waals surface area contributed by atoms with Gasteiger partial charge in [0.2, 0.25) is 0 Å². The number of thiazole rings is 1. The first-order valence-corrected chi connectivity index (χ1v) is 10.4. The van der Waals surface area contributed by atoms with Gasteiger partial charge in [0.25, 0.3) is 5.91 Å². The van der Waals surface area contributed by atoms with Gasteiger partial charge in [-0.3, -0.25) is 4.79 Å². The number of carbonyl (C=O) groups is 1. The first-order chi connectivity index (χ1) is 13.0. The van der Waals surface area contributed by atoms with Gasteiger partial charge in [0.1, 0.15) is 0 Å². The summed E-state index contributed by atoms with van der Waals surface area (Å²) >= 11 is 5.04. The van der Waals surface area contributed by atoms with E-state index in [1.54, 1.807) is 23.5 Å². The third kappa shape index (κ3) is 6.85. The highest BCUT2D eigenvalue weighted by molar-refractivity contribution is 9.10. The van der Waals surface area contributed by atoms with Crippen LogP contribution in [-0.2, 0) is 11.2 Å². The van der Waals surface area contributed by atoms with E-state index in [2.05, 4.69) is 32.3 Å². The maximum absolute atomic E-state index is 12.0. The molecule has 0 saturated carbocycles. The molecule has 27 heavy (non-hydrogen) atoms. The van der Waals surface area contributed by atoms with E-state index < -0.39 is 0 Å². The predicted octanol–water partition coefficient (Wildman–Crippen LogP) is 4.00. The van der Waals surface area contributed by atoms with Crippen LogP contribution in [0.3, 0.4) is 0 Å². The van der Waals surface area contributed by atoms with Crippen molar-refractivity contribution in [2.24, 2.45) is 0 Å². The topological polar surface area (TPSA) is 84.2 Å². The number of aromatic nitrogens is 1. The Morgan fingerprint density at radius 1 is 1.37 bits per heavy atom. The van der Waals surface area contributed by atoms with Gasteiger partial charge in [-0.1, -0.05) is 0 Å². The van der Waals surface area contributed by atoms with Crippen LogP contribution < -0.4 is 14.8 Å². The monoisotopic (exact) mass is 451 g/mol. The van der Waals surface area contributed by atoms with E-state index in [9.17, 15) is 4.79 Å². The highest BCUT2D eigenvalue weighted by atomic mass is 79.9. The van der Waals surface area contributed by atoms with Crippen LogP contribution in [0, 0.1) is 18.3 Å². The normalized spacial score (nSPS) is 10.3. The fraction of sp³-hybridized carbons (Fsp3) is 0.421. The number of unbranched alkanes of at least 4 members (excludes halogenated alkanes) is 1. The SMILES string of the molecule is CCOc1cc(C#N)cc(Br)c1OCC(=O)NCCCCc1nc(C)cs1. The molecule has 1 heterocycles. The highest BCUT2D eigenvalue weighted by Crippen LogP contribution is 2.36. The van der Waals surface area contributed by atoms with E-state index in [4.69, 9.17) is 14.7 Å². The number of ether oxygens (including phenoxy) is 2.